The summed E-state index contributed by atoms with van der Waals surface area (Å²) in [5, 5.41) is 9.86. The standard InChI is InChI=1S/C14H21ClO/c1-9(2)11-5-6-12(14(16)8-15)13(7-11)10(3)4/h5-7,9-10,14,16H,8H2,1-4H3/t14-/m0/s1. The van der Waals surface area contributed by atoms with E-state index in [4.69, 9.17) is 11.6 Å². The number of aliphatic hydroxyl groups is 1. The van der Waals surface area contributed by atoms with Crippen molar-refractivity contribution in [3.8, 4) is 0 Å². The van der Waals surface area contributed by atoms with Gasteiger partial charge < -0.3 is 5.11 Å². The molecule has 0 aromatic heterocycles. The zero-order valence-electron chi connectivity index (χ0n) is 10.5. The molecule has 16 heavy (non-hydrogen) atoms. The van der Waals surface area contributed by atoms with Crippen molar-refractivity contribution >= 4 is 11.6 Å². The maximum absolute atomic E-state index is 9.86. The van der Waals surface area contributed by atoms with Gasteiger partial charge in [0.25, 0.3) is 0 Å². The van der Waals surface area contributed by atoms with Crippen LogP contribution in [0.4, 0.5) is 0 Å². The fourth-order valence-electron chi connectivity index (χ4n) is 1.84. The third-order valence-corrected chi connectivity index (χ3v) is 3.20. The van der Waals surface area contributed by atoms with Gasteiger partial charge in [-0.2, -0.15) is 0 Å². The highest BCUT2D eigenvalue weighted by Crippen LogP contribution is 2.29. The Morgan fingerprint density at radius 3 is 2.12 bits per heavy atom. The summed E-state index contributed by atoms with van der Waals surface area (Å²) in [5.74, 6) is 1.17. The molecule has 1 aromatic rings. The Hall–Kier alpha value is -0.530. The van der Waals surface area contributed by atoms with Crippen LogP contribution in [0.5, 0.6) is 0 Å². The molecule has 0 bridgehead atoms. The van der Waals surface area contributed by atoms with Gasteiger partial charge in [0.05, 0.1) is 12.0 Å². The van der Waals surface area contributed by atoms with Gasteiger partial charge in [-0.1, -0.05) is 45.9 Å². The minimum Gasteiger partial charge on any atom is -0.387 e. The van der Waals surface area contributed by atoms with Gasteiger partial charge in [-0.25, -0.2) is 0 Å². The van der Waals surface area contributed by atoms with Gasteiger partial charge in [-0.15, -0.1) is 11.6 Å². The summed E-state index contributed by atoms with van der Waals surface area (Å²) in [4.78, 5) is 0. The van der Waals surface area contributed by atoms with Crippen LogP contribution in [0.15, 0.2) is 18.2 Å². The van der Waals surface area contributed by atoms with Crippen LogP contribution in [0.2, 0.25) is 0 Å². The van der Waals surface area contributed by atoms with E-state index < -0.39 is 6.10 Å². The highest BCUT2D eigenvalue weighted by Gasteiger charge is 2.15. The summed E-state index contributed by atoms with van der Waals surface area (Å²) in [6.45, 7) is 8.64. The number of alkyl halides is 1. The lowest BCUT2D eigenvalue weighted by Gasteiger charge is -2.18. The van der Waals surface area contributed by atoms with E-state index in [0.29, 0.717) is 11.8 Å². The molecule has 1 aromatic carbocycles. The number of hydrogen-bond acceptors (Lipinski definition) is 1. The van der Waals surface area contributed by atoms with Crippen LogP contribution >= 0.6 is 11.6 Å². The highest BCUT2D eigenvalue weighted by atomic mass is 35.5. The summed E-state index contributed by atoms with van der Waals surface area (Å²) < 4.78 is 0. The highest BCUT2D eigenvalue weighted by molar-refractivity contribution is 6.18. The average molecular weight is 241 g/mol. The second-order valence-electron chi connectivity index (χ2n) is 4.87. The molecule has 0 aliphatic heterocycles. The minimum absolute atomic E-state index is 0.251. The zero-order valence-corrected chi connectivity index (χ0v) is 11.3. The van der Waals surface area contributed by atoms with Crippen molar-refractivity contribution in [2.24, 2.45) is 0 Å². The minimum atomic E-state index is -0.555. The van der Waals surface area contributed by atoms with E-state index in [9.17, 15) is 5.11 Å². The quantitative estimate of drug-likeness (QED) is 0.782. The molecule has 0 radical (unpaired) electrons. The largest absolute Gasteiger partial charge is 0.387 e. The maximum atomic E-state index is 9.86. The van der Waals surface area contributed by atoms with Crippen LogP contribution in [0.1, 0.15) is 62.3 Å². The van der Waals surface area contributed by atoms with E-state index >= 15 is 0 Å². The molecule has 90 valence electrons. The molecule has 0 fully saturated rings. The van der Waals surface area contributed by atoms with Crippen LogP contribution in [-0.2, 0) is 0 Å². The molecule has 1 rings (SSSR count). The van der Waals surface area contributed by atoms with Crippen molar-refractivity contribution < 1.29 is 5.11 Å². The van der Waals surface area contributed by atoms with Crippen molar-refractivity contribution in [2.75, 3.05) is 5.88 Å². The summed E-state index contributed by atoms with van der Waals surface area (Å²) in [6.07, 6.45) is -0.555. The average Bonchev–Trinajstić information content (AvgIpc) is 2.26. The van der Waals surface area contributed by atoms with E-state index in [-0.39, 0.29) is 5.88 Å². The predicted octanol–water partition coefficient (Wildman–Crippen LogP) is 4.21. The number of rotatable bonds is 4. The van der Waals surface area contributed by atoms with E-state index in [0.717, 1.165) is 5.56 Å². The number of aliphatic hydroxyl groups excluding tert-OH is 1. The second kappa shape index (κ2) is 5.70. The maximum Gasteiger partial charge on any atom is 0.0928 e. The lowest BCUT2D eigenvalue weighted by molar-refractivity contribution is 0.201. The lowest BCUT2D eigenvalue weighted by Crippen LogP contribution is -2.06. The summed E-state index contributed by atoms with van der Waals surface area (Å²) >= 11 is 5.72. The summed E-state index contributed by atoms with van der Waals surface area (Å²) in [6, 6.07) is 6.29. The van der Waals surface area contributed by atoms with Crippen molar-refractivity contribution in [1.82, 2.24) is 0 Å². The van der Waals surface area contributed by atoms with Crippen molar-refractivity contribution in [3.63, 3.8) is 0 Å². The number of benzene rings is 1. The number of hydrogen-bond donors (Lipinski definition) is 1. The van der Waals surface area contributed by atoms with E-state index in [1.54, 1.807) is 0 Å². The Bertz CT molecular complexity index is 345. The first-order valence-electron chi connectivity index (χ1n) is 5.85. The molecule has 1 atom stereocenters. The topological polar surface area (TPSA) is 20.2 Å². The van der Waals surface area contributed by atoms with E-state index in [2.05, 4.69) is 39.8 Å². The Labute approximate surface area is 103 Å². The molecule has 0 unspecified atom stereocenters. The molecule has 1 nitrogen and oxygen atoms in total. The van der Waals surface area contributed by atoms with Crippen LogP contribution < -0.4 is 0 Å². The summed E-state index contributed by atoms with van der Waals surface area (Å²) in [7, 11) is 0. The van der Waals surface area contributed by atoms with Gasteiger partial charge in [-0.3, -0.25) is 0 Å². The first kappa shape index (κ1) is 13.5. The Balaban J connectivity index is 3.19. The predicted molar refractivity (Wildman–Crippen MR) is 70.3 cm³/mol. The number of halogens is 1. The van der Waals surface area contributed by atoms with E-state index in [1.165, 1.54) is 11.1 Å². The van der Waals surface area contributed by atoms with Gasteiger partial charge in [0.1, 0.15) is 0 Å². The van der Waals surface area contributed by atoms with Crippen LogP contribution in [0.3, 0.4) is 0 Å². The molecule has 0 saturated heterocycles. The van der Waals surface area contributed by atoms with Crippen molar-refractivity contribution in [1.29, 1.82) is 0 Å². The molecule has 1 N–H and O–H groups in total. The van der Waals surface area contributed by atoms with Crippen LogP contribution in [-0.4, -0.2) is 11.0 Å². The Morgan fingerprint density at radius 1 is 1.06 bits per heavy atom. The van der Waals surface area contributed by atoms with Crippen molar-refractivity contribution in [2.45, 2.75) is 45.6 Å². The Kier molecular flexibility index (Phi) is 4.82. The van der Waals surface area contributed by atoms with Crippen LogP contribution in [0.25, 0.3) is 0 Å². The smallest absolute Gasteiger partial charge is 0.0928 e. The van der Waals surface area contributed by atoms with Gasteiger partial charge in [0, 0.05) is 0 Å². The molecule has 0 heterocycles. The van der Waals surface area contributed by atoms with Gasteiger partial charge in [0.2, 0.25) is 0 Å². The van der Waals surface area contributed by atoms with Crippen molar-refractivity contribution in [3.05, 3.63) is 34.9 Å². The second-order valence-corrected chi connectivity index (χ2v) is 5.18. The molecule has 0 amide bonds. The molecule has 0 saturated carbocycles. The third-order valence-electron chi connectivity index (χ3n) is 2.90. The lowest BCUT2D eigenvalue weighted by atomic mass is 9.90. The molecule has 0 aliphatic rings. The van der Waals surface area contributed by atoms with Gasteiger partial charge in [0.15, 0.2) is 0 Å². The molecule has 2 heteroatoms. The SMILES string of the molecule is CC(C)c1ccc([C@@H](O)CCl)c(C(C)C)c1. The summed E-state index contributed by atoms with van der Waals surface area (Å²) in [5.41, 5.74) is 3.49. The molecule has 0 spiro atoms. The van der Waals surface area contributed by atoms with Gasteiger partial charge in [-0.05, 0) is 28.5 Å². The van der Waals surface area contributed by atoms with Crippen LogP contribution in [0, 0.1) is 0 Å². The fourth-order valence-corrected chi connectivity index (χ4v) is 2.01. The monoisotopic (exact) mass is 240 g/mol. The zero-order chi connectivity index (χ0) is 12.3. The Morgan fingerprint density at radius 2 is 1.69 bits per heavy atom. The third kappa shape index (κ3) is 2.99. The fraction of sp³-hybridized carbons (Fsp3) is 0.571. The normalized spacial score (nSPS) is 13.5. The van der Waals surface area contributed by atoms with E-state index in [1.807, 2.05) is 6.07 Å². The van der Waals surface area contributed by atoms with Gasteiger partial charge >= 0.3 is 0 Å². The molecular weight excluding hydrogens is 220 g/mol. The first-order chi connectivity index (χ1) is 7.47. The molecular formula is C14H21ClO. The first-order valence-corrected chi connectivity index (χ1v) is 6.38. The molecule has 0 aliphatic carbocycles.